The normalized spacial score (nSPS) is 11.1. The minimum atomic E-state index is -0.0666. The monoisotopic (exact) mass is 221 g/mol. The summed E-state index contributed by atoms with van der Waals surface area (Å²) in [6.07, 6.45) is 1.61. The maximum atomic E-state index is 10.4. The lowest BCUT2D eigenvalue weighted by atomic mass is 10.1. The summed E-state index contributed by atoms with van der Waals surface area (Å²) in [6.45, 7) is 0.408. The number of nitrogens with two attached hydrogens (primary N) is 2. The van der Waals surface area contributed by atoms with Gasteiger partial charge in [0.25, 0.3) is 0 Å². The highest BCUT2D eigenvalue weighted by atomic mass is 16.3. The van der Waals surface area contributed by atoms with Gasteiger partial charge in [-0.15, -0.1) is 10.0 Å². The van der Waals surface area contributed by atoms with Crippen LogP contribution >= 0.6 is 0 Å². The highest BCUT2D eigenvalue weighted by molar-refractivity contribution is 5.77. The molecule has 0 radical (unpaired) electrons. The van der Waals surface area contributed by atoms with Gasteiger partial charge in [0.1, 0.15) is 0 Å². The second-order valence-electron chi connectivity index (χ2n) is 3.28. The molecule has 0 aliphatic rings. The molecule has 0 unspecified atom stereocenters. The lowest BCUT2D eigenvalue weighted by Crippen LogP contribution is -2.34. The van der Waals surface area contributed by atoms with E-state index in [9.17, 15) is 4.91 Å². The Kier molecular flexibility index (Phi) is 4.78. The summed E-state index contributed by atoms with van der Waals surface area (Å²) in [7, 11) is 0. The smallest absolute Gasteiger partial charge is 0.236 e. The number of aryl methyl sites for hydroxylation is 1. The third-order valence-corrected chi connectivity index (χ3v) is 2.17. The van der Waals surface area contributed by atoms with Crippen LogP contribution < -0.4 is 11.6 Å². The average molecular weight is 221 g/mol. The van der Waals surface area contributed by atoms with Gasteiger partial charge in [0.2, 0.25) is 5.96 Å². The number of hydrazone groups is 1. The van der Waals surface area contributed by atoms with Crippen molar-refractivity contribution in [3.05, 3.63) is 40.8 Å². The molecular formula is C10H15N5O. The second-order valence-corrected chi connectivity index (χ2v) is 3.28. The highest BCUT2D eigenvalue weighted by Crippen LogP contribution is 2.03. The Morgan fingerprint density at radius 3 is 2.56 bits per heavy atom. The van der Waals surface area contributed by atoms with Crippen LogP contribution in [-0.2, 0) is 6.42 Å². The fourth-order valence-corrected chi connectivity index (χ4v) is 1.34. The first kappa shape index (κ1) is 12.0. The van der Waals surface area contributed by atoms with E-state index in [-0.39, 0.29) is 5.96 Å². The Bertz CT molecular complexity index is 351. The molecule has 0 heterocycles. The lowest BCUT2D eigenvalue weighted by Gasteiger charge is -2.12. The van der Waals surface area contributed by atoms with Crippen molar-refractivity contribution in [3.8, 4) is 0 Å². The van der Waals surface area contributed by atoms with E-state index in [1.165, 1.54) is 5.56 Å². The van der Waals surface area contributed by atoms with E-state index in [0.29, 0.717) is 6.54 Å². The molecule has 6 heteroatoms. The van der Waals surface area contributed by atoms with Crippen LogP contribution in [-0.4, -0.2) is 17.5 Å². The zero-order chi connectivity index (χ0) is 11.8. The van der Waals surface area contributed by atoms with Gasteiger partial charge in [0.05, 0.1) is 5.29 Å². The first-order chi connectivity index (χ1) is 7.77. The SMILES string of the molecule is NN=C(N)N(CCCc1ccccc1)N=O. The van der Waals surface area contributed by atoms with Gasteiger partial charge in [0.15, 0.2) is 0 Å². The second kappa shape index (κ2) is 6.39. The van der Waals surface area contributed by atoms with Gasteiger partial charge in [0, 0.05) is 6.54 Å². The van der Waals surface area contributed by atoms with Crippen LogP contribution in [0, 0.1) is 4.91 Å². The summed E-state index contributed by atoms with van der Waals surface area (Å²) in [4.78, 5) is 10.4. The number of guanidine groups is 1. The predicted molar refractivity (Wildman–Crippen MR) is 63.1 cm³/mol. The van der Waals surface area contributed by atoms with Crippen molar-refractivity contribution in [1.29, 1.82) is 0 Å². The van der Waals surface area contributed by atoms with Gasteiger partial charge in [-0.2, -0.15) is 5.01 Å². The zero-order valence-corrected chi connectivity index (χ0v) is 8.91. The Labute approximate surface area is 93.9 Å². The van der Waals surface area contributed by atoms with Gasteiger partial charge < -0.3 is 11.6 Å². The first-order valence-electron chi connectivity index (χ1n) is 4.96. The molecule has 0 spiro atoms. The quantitative estimate of drug-likeness (QED) is 0.252. The molecule has 0 saturated carbocycles. The van der Waals surface area contributed by atoms with E-state index in [1.54, 1.807) is 0 Å². The van der Waals surface area contributed by atoms with Crippen LogP contribution in [0.25, 0.3) is 0 Å². The van der Waals surface area contributed by atoms with E-state index in [4.69, 9.17) is 11.6 Å². The molecule has 6 nitrogen and oxygen atoms in total. The molecule has 86 valence electrons. The summed E-state index contributed by atoms with van der Waals surface area (Å²) in [6, 6.07) is 9.96. The number of rotatable bonds is 5. The van der Waals surface area contributed by atoms with Crippen molar-refractivity contribution < 1.29 is 0 Å². The molecule has 0 aliphatic heterocycles. The topological polar surface area (TPSA) is 97.1 Å². The minimum absolute atomic E-state index is 0.0666. The summed E-state index contributed by atoms with van der Waals surface area (Å²) in [5.41, 5.74) is 6.57. The van der Waals surface area contributed by atoms with Gasteiger partial charge >= 0.3 is 0 Å². The molecule has 0 aliphatic carbocycles. The van der Waals surface area contributed by atoms with Crippen molar-refractivity contribution in [3.63, 3.8) is 0 Å². The van der Waals surface area contributed by atoms with Crippen molar-refractivity contribution in [2.24, 2.45) is 22.0 Å². The fraction of sp³-hybridized carbons (Fsp3) is 0.300. The van der Waals surface area contributed by atoms with E-state index < -0.39 is 0 Å². The maximum absolute atomic E-state index is 10.4. The van der Waals surface area contributed by atoms with Crippen LogP contribution in [0.4, 0.5) is 0 Å². The minimum Gasteiger partial charge on any atom is -0.367 e. The molecular weight excluding hydrogens is 206 g/mol. The molecule has 0 aromatic heterocycles. The van der Waals surface area contributed by atoms with E-state index in [1.807, 2.05) is 30.3 Å². The summed E-state index contributed by atoms with van der Waals surface area (Å²) < 4.78 is 0. The number of hydrogen-bond donors (Lipinski definition) is 2. The summed E-state index contributed by atoms with van der Waals surface area (Å²) in [5.74, 6) is 4.89. The number of hydrogen-bond acceptors (Lipinski definition) is 4. The molecule has 1 rings (SSSR count). The van der Waals surface area contributed by atoms with Gasteiger partial charge in [-0.25, -0.2) is 0 Å². The van der Waals surface area contributed by atoms with Gasteiger partial charge in [-0.05, 0) is 18.4 Å². The van der Waals surface area contributed by atoms with E-state index >= 15 is 0 Å². The molecule has 1 aromatic carbocycles. The fourth-order valence-electron chi connectivity index (χ4n) is 1.34. The average Bonchev–Trinajstić information content (AvgIpc) is 2.35. The number of nitrogens with zero attached hydrogens (tertiary/aromatic N) is 3. The Morgan fingerprint density at radius 2 is 2.00 bits per heavy atom. The van der Waals surface area contributed by atoms with Crippen LogP contribution in [0.2, 0.25) is 0 Å². The lowest BCUT2D eigenvalue weighted by molar-refractivity contribution is 0.422. The van der Waals surface area contributed by atoms with Gasteiger partial charge in [-0.3, -0.25) is 0 Å². The number of benzene rings is 1. The molecule has 0 fully saturated rings. The Balaban J connectivity index is 2.37. The first-order valence-corrected chi connectivity index (χ1v) is 4.96. The van der Waals surface area contributed by atoms with E-state index in [2.05, 4.69) is 10.4 Å². The highest BCUT2D eigenvalue weighted by Gasteiger charge is 2.06. The summed E-state index contributed by atoms with van der Waals surface area (Å²) in [5, 5.41) is 6.99. The Hall–Kier alpha value is -2.11. The zero-order valence-electron chi connectivity index (χ0n) is 8.91. The number of nitroso groups, excluding NO2 is 1. The van der Waals surface area contributed by atoms with Crippen molar-refractivity contribution >= 4 is 5.96 Å². The Morgan fingerprint density at radius 1 is 1.31 bits per heavy atom. The third-order valence-electron chi connectivity index (χ3n) is 2.17. The standard InChI is InChI=1S/C10H15N5O/c11-10(13-12)15(14-16)8-4-7-9-5-2-1-3-6-9/h1-3,5-6H,4,7-8,12H2,(H2,11,13). The van der Waals surface area contributed by atoms with Crippen molar-refractivity contribution in [1.82, 2.24) is 5.01 Å². The molecule has 0 bridgehead atoms. The van der Waals surface area contributed by atoms with Crippen molar-refractivity contribution in [2.75, 3.05) is 6.54 Å². The molecule has 0 atom stereocenters. The van der Waals surface area contributed by atoms with Gasteiger partial charge in [-0.1, -0.05) is 30.3 Å². The molecule has 0 amide bonds. The third kappa shape index (κ3) is 3.56. The predicted octanol–water partition coefficient (Wildman–Crippen LogP) is 0.791. The van der Waals surface area contributed by atoms with Crippen molar-refractivity contribution in [2.45, 2.75) is 12.8 Å². The molecule has 4 N–H and O–H groups in total. The summed E-state index contributed by atoms with van der Waals surface area (Å²) >= 11 is 0. The molecule has 16 heavy (non-hydrogen) atoms. The maximum Gasteiger partial charge on any atom is 0.236 e. The molecule has 1 aromatic rings. The van der Waals surface area contributed by atoms with E-state index in [0.717, 1.165) is 17.9 Å². The van der Waals surface area contributed by atoms with Crippen LogP contribution in [0.5, 0.6) is 0 Å². The molecule has 0 saturated heterocycles. The largest absolute Gasteiger partial charge is 0.367 e. The van der Waals surface area contributed by atoms with Crippen LogP contribution in [0.1, 0.15) is 12.0 Å². The van der Waals surface area contributed by atoms with Crippen LogP contribution in [0.3, 0.4) is 0 Å². The van der Waals surface area contributed by atoms with Crippen LogP contribution in [0.15, 0.2) is 40.7 Å².